The number of rotatable bonds is 5. The van der Waals surface area contributed by atoms with Crippen molar-refractivity contribution in [3.8, 4) is 0 Å². The van der Waals surface area contributed by atoms with Gasteiger partial charge in [0, 0.05) is 17.7 Å². The first-order valence-corrected chi connectivity index (χ1v) is 8.56. The molecule has 3 rings (SSSR count). The number of nitrogens with two attached hydrogens (primary N) is 1. The molecule has 3 aromatic heterocycles. The minimum atomic E-state index is -0.937. The van der Waals surface area contributed by atoms with Crippen LogP contribution in [0.15, 0.2) is 16.7 Å². The molecule has 9 heteroatoms. The molecule has 0 radical (unpaired) electrons. The van der Waals surface area contributed by atoms with E-state index in [9.17, 15) is 5.11 Å². The largest absolute Gasteiger partial charge is 0.389 e. The van der Waals surface area contributed by atoms with Crippen molar-refractivity contribution in [2.24, 2.45) is 0 Å². The van der Waals surface area contributed by atoms with Gasteiger partial charge >= 0.3 is 0 Å². The predicted octanol–water partition coefficient (Wildman–Crippen LogP) is 2.09. The topological polar surface area (TPSA) is 102 Å². The van der Waals surface area contributed by atoms with Crippen molar-refractivity contribution in [2.45, 2.75) is 32.5 Å². The van der Waals surface area contributed by atoms with E-state index in [2.05, 4.69) is 30.9 Å². The van der Waals surface area contributed by atoms with Crippen molar-refractivity contribution in [3.05, 3.63) is 22.6 Å². The van der Waals surface area contributed by atoms with Gasteiger partial charge in [-0.1, -0.05) is 0 Å². The minimum Gasteiger partial charge on any atom is -0.389 e. The standard InChI is InChI=1S/C16H21BrN6O2/c1-16(2,24)8-23-11(7-22(3)25-4)21-13-14(23)12-10(20-15(13)18)5-9(17)6-19-12/h5-6,24H,7-8H2,1-4H3,(H2,18,20). The van der Waals surface area contributed by atoms with E-state index in [4.69, 9.17) is 10.6 Å². The Bertz CT molecular complexity index is 934. The van der Waals surface area contributed by atoms with Gasteiger partial charge in [0.05, 0.1) is 31.3 Å². The van der Waals surface area contributed by atoms with Crippen LogP contribution in [0.1, 0.15) is 19.7 Å². The number of hydrogen-bond donors (Lipinski definition) is 2. The maximum absolute atomic E-state index is 10.4. The summed E-state index contributed by atoms with van der Waals surface area (Å²) in [6.45, 7) is 4.27. The number of halogens is 1. The first-order chi connectivity index (χ1) is 11.7. The van der Waals surface area contributed by atoms with Crippen molar-refractivity contribution in [3.63, 3.8) is 0 Å². The first kappa shape index (κ1) is 18.0. The molecule has 0 amide bonds. The molecular weight excluding hydrogens is 388 g/mol. The lowest BCUT2D eigenvalue weighted by Gasteiger charge is -2.21. The average molecular weight is 409 g/mol. The van der Waals surface area contributed by atoms with Gasteiger partial charge in [-0.15, -0.1) is 0 Å². The Morgan fingerprint density at radius 3 is 2.72 bits per heavy atom. The zero-order valence-corrected chi connectivity index (χ0v) is 16.2. The van der Waals surface area contributed by atoms with Crippen molar-refractivity contribution in [1.82, 2.24) is 24.6 Å². The number of fused-ring (bicyclic) bond motifs is 3. The number of anilines is 1. The summed E-state index contributed by atoms with van der Waals surface area (Å²) in [5.74, 6) is 1.05. The fourth-order valence-corrected chi connectivity index (χ4v) is 3.06. The molecule has 3 aromatic rings. The van der Waals surface area contributed by atoms with Crippen LogP contribution in [0.3, 0.4) is 0 Å². The summed E-state index contributed by atoms with van der Waals surface area (Å²) < 4.78 is 2.76. The van der Waals surface area contributed by atoms with Gasteiger partial charge in [0.15, 0.2) is 5.82 Å². The number of aromatic nitrogens is 4. The van der Waals surface area contributed by atoms with Gasteiger partial charge in [-0.2, -0.15) is 5.06 Å². The molecule has 134 valence electrons. The van der Waals surface area contributed by atoms with Crippen LogP contribution in [0.2, 0.25) is 0 Å². The zero-order valence-electron chi connectivity index (χ0n) is 14.6. The third-order valence-corrected chi connectivity index (χ3v) is 4.24. The van der Waals surface area contributed by atoms with Crippen LogP contribution in [-0.2, 0) is 17.9 Å². The summed E-state index contributed by atoms with van der Waals surface area (Å²) in [5, 5.41) is 12.0. The molecule has 0 saturated heterocycles. The summed E-state index contributed by atoms with van der Waals surface area (Å²) >= 11 is 3.41. The van der Waals surface area contributed by atoms with Crippen LogP contribution in [0.25, 0.3) is 22.1 Å². The zero-order chi connectivity index (χ0) is 18.4. The molecule has 0 saturated carbocycles. The second kappa shape index (κ2) is 6.49. The van der Waals surface area contributed by atoms with E-state index in [0.717, 1.165) is 9.99 Å². The quantitative estimate of drug-likeness (QED) is 0.622. The number of imidazole rings is 1. The number of aliphatic hydroxyl groups is 1. The first-order valence-electron chi connectivity index (χ1n) is 7.77. The highest BCUT2D eigenvalue weighted by atomic mass is 79.9. The summed E-state index contributed by atoms with van der Waals surface area (Å²) in [4.78, 5) is 18.8. The van der Waals surface area contributed by atoms with Crippen LogP contribution in [0, 0.1) is 0 Å². The van der Waals surface area contributed by atoms with Crippen molar-refractivity contribution in [2.75, 3.05) is 19.9 Å². The molecule has 8 nitrogen and oxygen atoms in total. The summed E-state index contributed by atoms with van der Waals surface area (Å²) in [6, 6.07) is 1.86. The van der Waals surface area contributed by atoms with Crippen LogP contribution >= 0.6 is 15.9 Å². The lowest BCUT2D eigenvalue weighted by Crippen LogP contribution is -2.28. The van der Waals surface area contributed by atoms with Gasteiger partial charge in [0.1, 0.15) is 22.4 Å². The Balaban J connectivity index is 2.34. The fraction of sp³-hybridized carbons (Fsp3) is 0.438. The molecule has 3 heterocycles. The molecule has 0 bridgehead atoms. The normalized spacial score (nSPS) is 12.6. The van der Waals surface area contributed by atoms with Crippen LogP contribution in [-0.4, -0.2) is 49.4 Å². The smallest absolute Gasteiger partial charge is 0.152 e. The monoisotopic (exact) mass is 408 g/mol. The van der Waals surface area contributed by atoms with Crippen LogP contribution in [0.5, 0.6) is 0 Å². The van der Waals surface area contributed by atoms with Crippen LogP contribution in [0.4, 0.5) is 5.82 Å². The average Bonchev–Trinajstić information content (AvgIpc) is 2.84. The number of hydrogen-bond acceptors (Lipinski definition) is 7. The highest BCUT2D eigenvalue weighted by Crippen LogP contribution is 2.30. The number of nitrogen functional groups attached to an aromatic ring is 1. The van der Waals surface area contributed by atoms with E-state index in [1.165, 1.54) is 0 Å². The molecule has 0 aliphatic heterocycles. The molecule has 0 aliphatic rings. The van der Waals surface area contributed by atoms with E-state index < -0.39 is 5.60 Å². The maximum atomic E-state index is 10.4. The van der Waals surface area contributed by atoms with E-state index >= 15 is 0 Å². The van der Waals surface area contributed by atoms with Gasteiger partial charge in [0.2, 0.25) is 0 Å². The number of hydroxylamine groups is 2. The molecule has 25 heavy (non-hydrogen) atoms. The molecular formula is C16H21BrN6O2. The SMILES string of the molecule is CON(C)Cc1nc2c(N)nc3cc(Br)cnc3c2n1CC(C)(C)O. The molecule has 0 fully saturated rings. The lowest BCUT2D eigenvalue weighted by molar-refractivity contribution is -0.118. The summed E-state index contributed by atoms with van der Waals surface area (Å²) in [6.07, 6.45) is 1.71. The molecule has 3 N–H and O–H groups in total. The van der Waals surface area contributed by atoms with Crippen LogP contribution < -0.4 is 5.73 Å². The van der Waals surface area contributed by atoms with Gasteiger partial charge in [-0.3, -0.25) is 4.98 Å². The van der Waals surface area contributed by atoms with Gasteiger partial charge in [-0.25, -0.2) is 9.97 Å². The number of pyridine rings is 2. The Morgan fingerprint density at radius 1 is 1.36 bits per heavy atom. The molecule has 0 unspecified atom stereocenters. The van der Waals surface area contributed by atoms with Gasteiger partial charge in [-0.05, 0) is 35.8 Å². The second-order valence-corrected chi connectivity index (χ2v) is 7.53. The van der Waals surface area contributed by atoms with Crippen molar-refractivity contribution in [1.29, 1.82) is 0 Å². The molecule has 0 spiro atoms. The Labute approximate surface area is 153 Å². The third-order valence-electron chi connectivity index (χ3n) is 3.81. The Morgan fingerprint density at radius 2 is 2.08 bits per heavy atom. The molecule has 0 atom stereocenters. The van der Waals surface area contributed by atoms with E-state index in [-0.39, 0.29) is 0 Å². The van der Waals surface area contributed by atoms with Crippen molar-refractivity contribution >= 4 is 43.8 Å². The number of nitrogens with zero attached hydrogens (tertiary/aromatic N) is 5. The molecule has 0 aromatic carbocycles. The van der Waals surface area contributed by atoms with Gasteiger partial charge in [0.25, 0.3) is 0 Å². The predicted molar refractivity (Wildman–Crippen MR) is 99.7 cm³/mol. The third kappa shape index (κ3) is 3.59. The van der Waals surface area contributed by atoms with E-state index in [1.54, 1.807) is 32.2 Å². The second-order valence-electron chi connectivity index (χ2n) is 6.61. The highest BCUT2D eigenvalue weighted by molar-refractivity contribution is 9.10. The maximum Gasteiger partial charge on any atom is 0.152 e. The van der Waals surface area contributed by atoms with E-state index in [1.807, 2.05) is 17.7 Å². The lowest BCUT2D eigenvalue weighted by atomic mass is 10.1. The summed E-state index contributed by atoms with van der Waals surface area (Å²) in [7, 11) is 3.40. The van der Waals surface area contributed by atoms with Gasteiger partial charge < -0.3 is 20.2 Å². The Hall–Kier alpha value is -1.81. The fourth-order valence-electron chi connectivity index (χ4n) is 2.74. The van der Waals surface area contributed by atoms with Crippen molar-refractivity contribution < 1.29 is 9.94 Å². The highest BCUT2D eigenvalue weighted by Gasteiger charge is 2.23. The summed E-state index contributed by atoms with van der Waals surface area (Å²) in [5.41, 5.74) is 7.90. The minimum absolute atomic E-state index is 0.332. The molecule has 0 aliphatic carbocycles. The van der Waals surface area contributed by atoms with E-state index in [0.29, 0.717) is 41.3 Å². The Kier molecular flexibility index (Phi) is 4.67.